The number of benzene rings is 2. The highest BCUT2D eigenvalue weighted by Gasteiger charge is 2.11. The van der Waals surface area contributed by atoms with Gasteiger partial charge in [-0.05, 0) is 36.3 Å². The molecule has 2 rings (SSSR count). The van der Waals surface area contributed by atoms with E-state index in [1.165, 1.54) is 11.1 Å². The zero-order valence-corrected chi connectivity index (χ0v) is 11.5. The van der Waals surface area contributed by atoms with Gasteiger partial charge >= 0.3 is 0 Å². The van der Waals surface area contributed by atoms with Gasteiger partial charge in [-0.2, -0.15) is 0 Å². The molecule has 0 amide bonds. The molecule has 0 aliphatic carbocycles. The lowest BCUT2D eigenvalue weighted by Crippen LogP contribution is -2.12. The lowest BCUT2D eigenvalue weighted by molar-refractivity contribution is 0.147. The number of rotatable bonds is 6. The van der Waals surface area contributed by atoms with Crippen LogP contribution in [0.2, 0.25) is 0 Å². The Kier molecular flexibility index (Phi) is 5.17. The number of aliphatic hydroxyl groups excluding tert-OH is 1. The number of aryl methyl sites for hydroxylation is 1. The van der Waals surface area contributed by atoms with E-state index >= 15 is 0 Å². The van der Waals surface area contributed by atoms with Crippen LogP contribution in [-0.4, -0.2) is 11.2 Å². The molecule has 1 nitrogen and oxygen atoms in total. The molecule has 2 aromatic rings. The first-order chi connectivity index (χ1) is 9.25. The second-order valence-corrected chi connectivity index (χ2v) is 5.23. The summed E-state index contributed by atoms with van der Waals surface area (Å²) < 4.78 is 0. The molecule has 2 atom stereocenters. The van der Waals surface area contributed by atoms with Crippen LogP contribution in [0.5, 0.6) is 0 Å². The molecule has 0 bridgehead atoms. The molecule has 0 saturated heterocycles. The maximum absolute atomic E-state index is 10.1. The van der Waals surface area contributed by atoms with Crippen molar-refractivity contribution in [2.75, 3.05) is 0 Å². The second kappa shape index (κ2) is 7.10. The standard InChI is InChI=1S/C18H22O/c1-15(17-10-6-3-7-11-17)14-18(19)13-12-16-8-4-2-5-9-16/h2-11,15,18-19H,12-14H2,1H3/t15-,18-/m1/s1. The van der Waals surface area contributed by atoms with Crippen LogP contribution in [0, 0.1) is 0 Å². The lowest BCUT2D eigenvalue weighted by atomic mass is 9.93. The average molecular weight is 254 g/mol. The zero-order chi connectivity index (χ0) is 13.5. The Morgan fingerprint density at radius 3 is 2.11 bits per heavy atom. The van der Waals surface area contributed by atoms with Crippen molar-refractivity contribution in [2.45, 2.75) is 38.2 Å². The van der Waals surface area contributed by atoms with E-state index in [1.54, 1.807) is 0 Å². The summed E-state index contributed by atoms with van der Waals surface area (Å²) in [7, 11) is 0. The van der Waals surface area contributed by atoms with E-state index in [-0.39, 0.29) is 6.10 Å². The summed E-state index contributed by atoms with van der Waals surface area (Å²) in [4.78, 5) is 0. The van der Waals surface area contributed by atoms with E-state index in [2.05, 4.69) is 43.3 Å². The van der Waals surface area contributed by atoms with Gasteiger partial charge in [0.1, 0.15) is 0 Å². The van der Waals surface area contributed by atoms with Crippen LogP contribution < -0.4 is 0 Å². The molecular weight excluding hydrogens is 232 g/mol. The first kappa shape index (κ1) is 13.8. The summed E-state index contributed by atoms with van der Waals surface area (Å²) in [6, 6.07) is 20.8. The minimum Gasteiger partial charge on any atom is -0.393 e. The summed E-state index contributed by atoms with van der Waals surface area (Å²) in [6.07, 6.45) is 2.39. The number of hydrogen-bond donors (Lipinski definition) is 1. The van der Waals surface area contributed by atoms with Gasteiger partial charge in [0.15, 0.2) is 0 Å². The smallest absolute Gasteiger partial charge is 0.0549 e. The highest BCUT2D eigenvalue weighted by atomic mass is 16.3. The minimum absolute atomic E-state index is 0.226. The maximum atomic E-state index is 10.1. The average Bonchev–Trinajstić information content (AvgIpc) is 2.47. The fourth-order valence-corrected chi connectivity index (χ4v) is 2.42. The minimum atomic E-state index is -0.226. The molecule has 0 fully saturated rings. The van der Waals surface area contributed by atoms with Gasteiger partial charge in [0, 0.05) is 0 Å². The van der Waals surface area contributed by atoms with Gasteiger partial charge in [-0.3, -0.25) is 0 Å². The van der Waals surface area contributed by atoms with Crippen molar-refractivity contribution < 1.29 is 5.11 Å². The normalized spacial score (nSPS) is 14.0. The highest BCUT2D eigenvalue weighted by Crippen LogP contribution is 2.22. The SMILES string of the molecule is C[C@H](C[C@H](O)CCc1ccccc1)c1ccccc1. The van der Waals surface area contributed by atoms with Crippen LogP contribution in [-0.2, 0) is 6.42 Å². The molecule has 0 aliphatic rings. The van der Waals surface area contributed by atoms with Crippen molar-refractivity contribution in [1.29, 1.82) is 0 Å². The fraction of sp³-hybridized carbons (Fsp3) is 0.333. The molecule has 1 heteroatoms. The van der Waals surface area contributed by atoms with Crippen LogP contribution in [0.25, 0.3) is 0 Å². The molecule has 0 saturated carbocycles. The Balaban J connectivity index is 1.80. The number of hydrogen-bond acceptors (Lipinski definition) is 1. The van der Waals surface area contributed by atoms with E-state index in [1.807, 2.05) is 24.3 Å². The first-order valence-electron chi connectivity index (χ1n) is 7.02. The van der Waals surface area contributed by atoms with Crippen molar-refractivity contribution in [1.82, 2.24) is 0 Å². The summed E-state index contributed by atoms with van der Waals surface area (Å²) in [5.41, 5.74) is 2.61. The predicted octanol–water partition coefficient (Wildman–Crippen LogP) is 4.17. The largest absolute Gasteiger partial charge is 0.393 e. The van der Waals surface area contributed by atoms with Gasteiger partial charge in [0.05, 0.1) is 6.10 Å². The highest BCUT2D eigenvalue weighted by molar-refractivity contribution is 5.19. The summed E-state index contributed by atoms with van der Waals surface area (Å²) >= 11 is 0. The van der Waals surface area contributed by atoms with Crippen LogP contribution in [0.3, 0.4) is 0 Å². The molecule has 0 aliphatic heterocycles. The fourth-order valence-electron chi connectivity index (χ4n) is 2.42. The van der Waals surface area contributed by atoms with Crippen molar-refractivity contribution in [3.8, 4) is 0 Å². The van der Waals surface area contributed by atoms with Gasteiger partial charge in [0.25, 0.3) is 0 Å². The van der Waals surface area contributed by atoms with Gasteiger partial charge in [-0.25, -0.2) is 0 Å². The van der Waals surface area contributed by atoms with Crippen LogP contribution in [0.4, 0.5) is 0 Å². The third-order valence-corrected chi connectivity index (χ3v) is 3.60. The third-order valence-electron chi connectivity index (χ3n) is 3.60. The monoisotopic (exact) mass is 254 g/mol. The molecule has 0 spiro atoms. The predicted molar refractivity (Wildman–Crippen MR) is 80.2 cm³/mol. The van der Waals surface area contributed by atoms with E-state index in [0.29, 0.717) is 5.92 Å². The Morgan fingerprint density at radius 1 is 0.895 bits per heavy atom. The molecule has 2 aromatic carbocycles. The van der Waals surface area contributed by atoms with Gasteiger partial charge < -0.3 is 5.11 Å². The number of aliphatic hydroxyl groups is 1. The Hall–Kier alpha value is -1.60. The molecule has 100 valence electrons. The topological polar surface area (TPSA) is 20.2 Å². The summed E-state index contributed by atoms with van der Waals surface area (Å²) in [6.45, 7) is 2.18. The molecule has 1 N–H and O–H groups in total. The van der Waals surface area contributed by atoms with E-state index in [0.717, 1.165) is 19.3 Å². The summed E-state index contributed by atoms with van der Waals surface area (Å²) in [5, 5.41) is 10.1. The zero-order valence-electron chi connectivity index (χ0n) is 11.5. The Bertz CT molecular complexity index is 464. The van der Waals surface area contributed by atoms with Crippen LogP contribution >= 0.6 is 0 Å². The molecular formula is C18H22O. The molecule has 0 aromatic heterocycles. The van der Waals surface area contributed by atoms with Gasteiger partial charge in [0.2, 0.25) is 0 Å². The third kappa shape index (κ3) is 4.53. The van der Waals surface area contributed by atoms with E-state index in [9.17, 15) is 5.11 Å². The van der Waals surface area contributed by atoms with Gasteiger partial charge in [-0.15, -0.1) is 0 Å². The van der Waals surface area contributed by atoms with Crippen LogP contribution in [0.1, 0.15) is 36.8 Å². The van der Waals surface area contributed by atoms with Crippen molar-refractivity contribution in [3.05, 3.63) is 71.8 Å². The molecule has 0 heterocycles. The maximum Gasteiger partial charge on any atom is 0.0549 e. The summed E-state index contributed by atoms with van der Waals surface area (Å²) in [5.74, 6) is 0.409. The van der Waals surface area contributed by atoms with Gasteiger partial charge in [-0.1, -0.05) is 67.6 Å². The molecule has 0 unspecified atom stereocenters. The molecule has 0 radical (unpaired) electrons. The molecule has 19 heavy (non-hydrogen) atoms. The first-order valence-corrected chi connectivity index (χ1v) is 7.02. The van der Waals surface area contributed by atoms with E-state index < -0.39 is 0 Å². The van der Waals surface area contributed by atoms with Crippen molar-refractivity contribution in [2.24, 2.45) is 0 Å². The van der Waals surface area contributed by atoms with Crippen LogP contribution in [0.15, 0.2) is 60.7 Å². The lowest BCUT2D eigenvalue weighted by Gasteiger charge is -2.16. The van der Waals surface area contributed by atoms with E-state index in [4.69, 9.17) is 0 Å². The quantitative estimate of drug-likeness (QED) is 0.820. The Morgan fingerprint density at radius 2 is 1.47 bits per heavy atom. The van der Waals surface area contributed by atoms with Crippen molar-refractivity contribution in [3.63, 3.8) is 0 Å². The Labute approximate surface area is 115 Å². The van der Waals surface area contributed by atoms with Crippen molar-refractivity contribution >= 4 is 0 Å². The second-order valence-electron chi connectivity index (χ2n) is 5.23.